The van der Waals surface area contributed by atoms with E-state index in [-0.39, 0.29) is 40.4 Å². The lowest BCUT2D eigenvalue weighted by molar-refractivity contribution is -0.274. The first-order chi connectivity index (χ1) is 19.1. The number of rotatable bonds is 9. The predicted octanol–water partition coefficient (Wildman–Crippen LogP) is 8.14. The van der Waals surface area contributed by atoms with Gasteiger partial charge in [-0.05, 0) is 86.6 Å². The number of para-hydroxylation sites is 1. The van der Waals surface area contributed by atoms with Crippen molar-refractivity contribution in [3.63, 3.8) is 0 Å². The quantitative estimate of drug-likeness (QED) is 0.288. The summed E-state index contributed by atoms with van der Waals surface area (Å²) in [5.74, 6) is -0.349. The Morgan fingerprint density at radius 3 is 2.45 bits per heavy atom. The van der Waals surface area contributed by atoms with Crippen LogP contribution in [0.2, 0.25) is 0 Å². The van der Waals surface area contributed by atoms with E-state index in [1.807, 2.05) is 12.1 Å². The van der Waals surface area contributed by atoms with E-state index in [0.717, 1.165) is 56.9 Å². The van der Waals surface area contributed by atoms with Crippen LogP contribution in [0.5, 0.6) is 5.75 Å². The zero-order valence-corrected chi connectivity index (χ0v) is 21.9. The van der Waals surface area contributed by atoms with E-state index in [1.165, 1.54) is 12.1 Å². The molecule has 3 aromatic rings. The number of carboxylic acids is 1. The van der Waals surface area contributed by atoms with Gasteiger partial charge in [0.2, 0.25) is 0 Å². The maximum Gasteiger partial charge on any atom is 0.573 e. The fraction of sp³-hybridized carbons (Fsp3) is 0.419. The van der Waals surface area contributed by atoms with E-state index in [2.05, 4.69) is 16.0 Å². The minimum absolute atomic E-state index is 0.0553. The number of allylic oxidation sites excluding steroid dienone is 1. The van der Waals surface area contributed by atoms with Gasteiger partial charge in [-0.2, -0.15) is 0 Å². The molecule has 9 heteroatoms. The standard InChI is InChI=1S/C31H30F3NO5/c32-31(33,34)39-25-7-2-1-6-23(25)26-24(27(40-35-26)21-8-9-21)19-38-30-15-12-29(13-16-30,14-17-30)11-10-20-4-3-5-22(18-20)28(36)37/h1-7,10-11,18,21H,8-9,12-17,19H2,(H,36,37). The van der Waals surface area contributed by atoms with E-state index in [9.17, 15) is 23.1 Å². The fourth-order valence-electron chi connectivity index (χ4n) is 6.14. The van der Waals surface area contributed by atoms with Crippen LogP contribution in [0.4, 0.5) is 13.2 Å². The SMILES string of the molecule is O=C(O)c1cccc(C=CC23CCC(OCc4c(-c5ccccc5OC(F)(F)F)noc4C4CC4)(CC2)CC3)c1. The van der Waals surface area contributed by atoms with Crippen molar-refractivity contribution in [1.29, 1.82) is 0 Å². The summed E-state index contributed by atoms with van der Waals surface area (Å²) in [6.45, 7) is 0.218. The fourth-order valence-corrected chi connectivity index (χ4v) is 6.14. The second-order valence-electron chi connectivity index (χ2n) is 11.3. The topological polar surface area (TPSA) is 81.8 Å². The molecule has 4 saturated carbocycles. The summed E-state index contributed by atoms with van der Waals surface area (Å²) in [5, 5.41) is 13.5. The third-order valence-corrected chi connectivity index (χ3v) is 8.66. The van der Waals surface area contributed by atoms with E-state index in [1.54, 1.807) is 30.3 Å². The Balaban J connectivity index is 1.18. The largest absolute Gasteiger partial charge is 0.573 e. The summed E-state index contributed by atoms with van der Waals surface area (Å²) in [6, 6.07) is 12.9. The van der Waals surface area contributed by atoms with E-state index in [4.69, 9.17) is 9.26 Å². The molecule has 0 saturated heterocycles. The van der Waals surface area contributed by atoms with Crippen LogP contribution in [-0.2, 0) is 11.3 Å². The molecule has 4 aliphatic rings. The average molecular weight is 554 g/mol. The van der Waals surface area contributed by atoms with Crippen LogP contribution < -0.4 is 4.74 Å². The zero-order valence-electron chi connectivity index (χ0n) is 21.9. The number of carbonyl (C=O) groups is 1. The van der Waals surface area contributed by atoms with Gasteiger partial charge in [0.05, 0.1) is 17.8 Å². The summed E-state index contributed by atoms with van der Waals surface area (Å²) in [6.07, 6.45) is 6.84. The Hall–Kier alpha value is -3.59. The first-order valence-electron chi connectivity index (χ1n) is 13.6. The third kappa shape index (κ3) is 5.52. The highest BCUT2D eigenvalue weighted by atomic mass is 19.4. The number of ether oxygens (including phenoxy) is 2. The van der Waals surface area contributed by atoms with Crippen molar-refractivity contribution in [2.75, 3.05) is 0 Å². The van der Waals surface area contributed by atoms with Gasteiger partial charge in [-0.3, -0.25) is 0 Å². The first-order valence-corrected chi connectivity index (χ1v) is 13.6. The summed E-state index contributed by atoms with van der Waals surface area (Å²) in [4.78, 5) is 11.3. The maximum atomic E-state index is 13.1. The summed E-state index contributed by atoms with van der Waals surface area (Å²) in [5.41, 5.74) is 2.17. The Labute approximate surface area is 229 Å². The molecule has 0 aliphatic heterocycles. The highest BCUT2D eigenvalue weighted by Crippen LogP contribution is 2.55. The van der Waals surface area contributed by atoms with Gasteiger partial charge in [-0.1, -0.05) is 41.6 Å². The van der Waals surface area contributed by atoms with Gasteiger partial charge in [0.1, 0.15) is 17.2 Å². The van der Waals surface area contributed by atoms with Crippen LogP contribution in [0, 0.1) is 5.41 Å². The molecule has 2 bridgehead atoms. The molecule has 1 heterocycles. The first kappa shape index (κ1) is 26.6. The smallest absolute Gasteiger partial charge is 0.478 e. The Kier molecular flexibility index (Phi) is 6.73. The molecule has 0 atom stereocenters. The van der Waals surface area contributed by atoms with Crippen molar-refractivity contribution in [3.05, 3.63) is 77.1 Å². The van der Waals surface area contributed by atoms with E-state index < -0.39 is 12.3 Å². The molecule has 4 fully saturated rings. The molecular formula is C31H30F3NO5. The van der Waals surface area contributed by atoms with Crippen molar-refractivity contribution >= 4 is 12.0 Å². The summed E-state index contributed by atoms with van der Waals surface area (Å²) < 4.78 is 55.8. The summed E-state index contributed by atoms with van der Waals surface area (Å²) >= 11 is 0. The molecule has 6 nitrogen and oxygen atoms in total. The lowest BCUT2D eigenvalue weighted by atomic mass is 9.58. The summed E-state index contributed by atoms with van der Waals surface area (Å²) in [7, 11) is 0. The number of halogens is 3. The van der Waals surface area contributed by atoms with Gasteiger partial charge in [-0.25, -0.2) is 4.79 Å². The molecular weight excluding hydrogens is 523 g/mol. The van der Waals surface area contributed by atoms with Crippen molar-refractivity contribution in [3.8, 4) is 17.0 Å². The van der Waals surface area contributed by atoms with Crippen molar-refractivity contribution in [1.82, 2.24) is 5.16 Å². The van der Waals surface area contributed by atoms with Gasteiger partial charge in [0.25, 0.3) is 0 Å². The molecule has 0 unspecified atom stereocenters. The second kappa shape index (κ2) is 10.1. The molecule has 4 aliphatic carbocycles. The normalized spacial score (nSPS) is 24.5. The van der Waals surface area contributed by atoms with Crippen LogP contribution in [0.25, 0.3) is 17.3 Å². The highest BCUT2D eigenvalue weighted by Gasteiger charge is 2.48. The van der Waals surface area contributed by atoms with Crippen LogP contribution in [0.15, 0.2) is 59.1 Å². The number of fused-ring (bicyclic) bond motifs is 3. The van der Waals surface area contributed by atoms with Gasteiger partial charge in [-0.15, -0.1) is 13.2 Å². The lowest BCUT2D eigenvalue weighted by Gasteiger charge is -2.52. The van der Waals surface area contributed by atoms with Crippen LogP contribution in [0.3, 0.4) is 0 Å². The molecule has 0 radical (unpaired) electrons. The van der Waals surface area contributed by atoms with E-state index in [0.29, 0.717) is 17.0 Å². The van der Waals surface area contributed by atoms with Crippen molar-refractivity contribution in [2.45, 2.75) is 75.9 Å². The molecule has 0 spiro atoms. The zero-order chi connectivity index (χ0) is 28.0. The molecule has 40 heavy (non-hydrogen) atoms. The minimum Gasteiger partial charge on any atom is -0.478 e. The highest BCUT2D eigenvalue weighted by molar-refractivity contribution is 5.88. The Bertz CT molecular complexity index is 1410. The molecule has 1 aromatic heterocycles. The van der Waals surface area contributed by atoms with Crippen LogP contribution in [0.1, 0.15) is 84.5 Å². The van der Waals surface area contributed by atoms with Gasteiger partial charge >= 0.3 is 12.3 Å². The van der Waals surface area contributed by atoms with Crippen LogP contribution in [-0.4, -0.2) is 28.2 Å². The number of nitrogens with zero attached hydrogens (tertiary/aromatic N) is 1. The lowest BCUT2D eigenvalue weighted by Crippen LogP contribution is -2.46. The maximum absolute atomic E-state index is 13.1. The molecule has 210 valence electrons. The number of hydrogen-bond donors (Lipinski definition) is 1. The monoisotopic (exact) mass is 553 g/mol. The molecule has 0 amide bonds. The Morgan fingerprint density at radius 2 is 1.77 bits per heavy atom. The Morgan fingerprint density at radius 1 is 1.05 bits per heavy atom. The van der Waals surface area contributed by atoms with Crippen molar-refractivity contribution < 1.29 is 37.1 Å². The molecule has 1 N–H and O–H groups in total. The van der Waals surface area contributed by atoms with Gasteiger partial charge in [0.15, 0.2) is 0 Å². The molecule has 2 aromatic carbocycles. The number of alkyl halides is 3. The number of aromatic nitrogens is 1. The average Bonchev–Trinajstić information content (AvgIpc) is 3.71. The van der Waals surface area contributed by atoms with Crippen molar-refractivity contribution in [2.24, 2.45) is 5.41 Å². The number of carboxylic acid groups (broad SMARTS) is 1. The number of hydrogen-bond acceptors (Lipinski definition) is 5. The van der Waals surface area contributed by atoms with Gasteiger partial charge in [0, 0.05) is 17.0 Å². The molecule has 7 rings (SSSR count). The van der Waals surface area contributed by atoms with Crippen LogP contribution >= 0.6 is 0 Å². The predicted molar refractivity (Wildman–Crippen MR) is 141 cm³/mol. The second-order valence-corrected chi connectivity index (χ2v) is 11.3. The number of aromatic carboxylic acids is 1. The van der Waals surface area contributed by atoms with E-state index >= 15 is 0 Å². The number of benzene rings is 2. The van der Waals surface area contributed by atoms with Gasteiger partial charge < -0.3 is 19.1 Å². The third-order valence-electron chi connectivity index (χ3n) is 8.66. The minimum atomic E-state index is -4.82.